The van der Waals surface area contributed by atoms with Crippen LogP contribution < -0.4 is 5.32 Å². The summed E-state index contributed by atoms with van der Waals surface area (Å²) in [5, 5.41) is 10.3. The fourth-order valence-corrected chi connectivity index (χ4v) is 0.755. The second kappa shape index (κ2) is 4.50. The predicted molar refractivity (Wildman–Crippen MR) is 49.8 cm³/mol. The molecular weight excluding hydrogens is 184 g/mol. The molecule has 76 valence electrons. The van der Waals surface area contributed by atoms with E-state index in [-0.39, 0.29) is 12.5 Å². The number of ether oxygens (including phenoxy) is 1. The van der Waals surface area contributed by atoms with Crippen molar-refractivity contribution in [2.75, 3.05) is 19.0 Å². The van der Waals surface area contributed by atoms with Crippen molar-refractivity contribution in [3.8, 4) is 0 Å². The van der Waals surface area contributed by atoms with Crippen LogP contribution in [-0.4, -0.2) is 34.8 Å². The monoisotopic (exact) mass is 196 g/mol. The highest BCUT2D eigenvalue weighted by Gasteiger charge is 2.03. The number of esters is 1. The van der Waals surface area contributed by atoms with Crippen LogP contribution in [0.5, 0.6) is 0 Å². The highest BCUT2D eigenvalue weighted by atomic mass is 16.5. The molecule has 0 radical (unpaired) electrons. The maximum atomic E-state index is 10.8. The summed E-state index contributed by atoms with van der Waals surface area (Å²) < 4.78 is 4.45. The van der Waals surface area contributed by atoms with Gasteiger partial charge in [0.25, 0.3) is 0 Å². The second-order valence-corrected chi connectivity index (χ2v) is 2.74. The van der Waals surface area contributed by atoms with Crippen LogP contribution in [0.3, 0.4) is 0 Å². The summed E-state index contributed by atoms with van der Waals surface area (Å²) in [6.45, 7) is 3.69. The lowest BCUT2D eigenvalue weighted by molar-refractivity contribution is -0.138. The Morgan fingerprint density at radius 3 is 2.64 bits per heavy atom. The van der Waals surface area contributed by atoms with Crippen LogP contribution in [0, 0.1) is 13.8 Å². The molecule has 0 saturated carbocycles. The van der Waals surface area contributed by atoms with Gasteiger partial charge in [-0.15, -0.1) is 5.10 Å². The number of aryl methyl sites for hydroxylation is 2. The quantitative estimate of drug-likeness (QED) is 0.689. The summed E-state index contributed by atoms with van der Waals surface area (Å²) in [7, 11) is 1.32. The van der Waals surface area contributed by atoms with Crippen molar-refractivity contribution in [3.05, 3.63) is 11.4 Å². The van der Waals surface area contributed by atoms with Crippen LogP contribution in [0.1, 0.15) is 11.4 Å². The van der Waals surface area contributed by atoms with Gasteiger partial charge in [0.1, 0.15) is 6.54 Å². The zero-order valence-electron chi connectivity index (χ0n) is 8.37. The highest BCUT2D eigenvalue weighted by Crippen LogP contribution is 2.01. The Morgan fingerprint density at radius 1 is 1.36 bits per heavy atom. The number of methoxy groups -OCH3 is 1. The third-order valence-corrected chi connectivity index (χ3v) is 1.71. The van der Waals surface area contributed by atoms with Crippen molar-refractivity contribution in [1.29, 1.82) is 0 Å². The largest absolute Gasteiger partial charge is 0.468 e. The van der Waals surface area contributed by atoms with Crippen molar-refractivity contribution >= 4 is 11.9 Å². The van der Waals surface area contributed by atoms with Crippen LogP contribution in [0.15, 0.2) is 0 Å². The van der Waals surface area contributed by atoms with E-state index < -0.39 is 0 Å². The molecule has 0 aliphatic heterocycles. The molecule has 0 bridgehead atoms. The zero-order chi connectivity index (χ0) is 10.6. The van der Waals surface area contributed by atoms with Crippen molar-refractivity contribution in [2.24, 2.45) is 0 Å². The van der Waals surface area contributed by atoms with E-state index in [0.29, 0.717) is 5.95 Å². The number of nitrogens with one attached hydrogen (secondary N) is 1. The van der Waals surface area contributed by atoms with E-state index in [0.717, 1.165) is 11.4 Å². The SMILES string of the molecule is COC(=O)CNc1nnc(C)c(C)n1. The standard InChI is InChI=1S/C8H12N4O2/c1-5-6(2)11-12-8(10-5)9-4-7(13)14-3/h4H2,1-3H3,(H,9,10,12). The van der Waals surface area contributed by atoms with Gasteiger partial charge in [0.15, 0.2) is 0 Å². The van der Waals surface area contributed by atoms with Gasteiger partial charge in [0, 0.05) is 0 Å². The summed E-state index contributed by atoms with van der Waals surface area (Å²) in [6, 6.07) is 0. The maximum absolute atomic E-state index is 10.8. The first-order chi connectivity index (χ1) is 6.63. The molecule has 1 N–H and O–H groups in total. The fourth-order valence-electron chi connectivity index (χ4n) is 0.755. The van der Waals surface area contributed by atoms with Gasteiger partial charge in [-0.3, -0.25) is 4.79 Å². The molecule has 0 saturated heterocycles. The Hall–Kier alpha value is -1.72. The third kappa shape index (κ3) is 2.65. The Morgan fingerprint density at radius 2 is 2.07 bits per heavy atom. The van der Waals surface area contributed by atoms with Crippen LogP contribution in [0.25, 0.3) is 0 Å². The number of aromatic nitrogens is 3. The Kier molecular flexibility index (Phi) is 3.33. The highest BCUT2D eigenvalue weighted by molar-refractivity contribution is 5.73. The van der Waals surface area contributed by atoms with Crippen molar-refractivity contribution in [1.82, 2.24) is 15.2 Å². The Bertz CT molecular complexity index is 340. The van der Waals surface area contributed by atoms with Crippen LogP contribution in [0.2, 0.25) is 0 Å². The average Bonchev–Trinajstić information content (AvgIpc) is 2.19. The molecule has 0 fully saturated rings. The summed E-state index contributed by atoms with van der Waals surface area (Å²) >= 11 is 0. The van der Waals surface area contributed by atoms with Crippen LogP contribution in [0.4, 0.5) is 5.95 Å². The lowest BCUT2D eigenvalue weighted by Gasteiger charge is -2.03. The van der Waals surface area contributed by atoms with E-state index in [2.05, 4.69) is 25.2 Å². The molecule has 1 rings (SSSR count). The Labute approximate surface area is 81.7 Å². The molecule has 1 aromatic heterocycles. The maximum Gasteiger partial charge on any atom is 0.325 e. The number of rotatable bonds is 3. The van der Waals surface area contributed by atoms with Gasteiger partial charge in [0.2, 0.25) is 5.95 Å². The van der Waals surface area contributed by atoms with Gasteiger partial charge >= 0.3 is 5.97 Å². The summed E-state index contributed by atoms with van der Waals surface area (Å²) in [5.41, 5.74) is 1.56. The topological polar surface area (TPSA) is 77.0 Å². The van der Waals surface area contributed by atoms with Crippen LogP contribution >= 0.6 is 0 Å². The van der Waals surface area contributed by atoms with E-state index in [9.17, 15) is 4.79 Å². The number of carbonyl (C=O) groups excluding carboxylic acids is 1. The van der Waals surface area contributed by atoms with Gasteiger partial charge in [-0.25, -0.2) is 4.98 Å². The first-order valence-electron chi connectivity index (χ1n) is 4.12. The molecule has 0 spiro atoms. The van der Waals surface area contributed by atoms with Gasteiger partial charge in [-0.1, -0.05) is 0 Å². The van der Waals surface area contributed by atoms with Crippen molar-refractivity contribution < 1.29 is 9.53 Å². The molecule has 0 unspecified atom stereocenters. The minimum Gasteiger partial charge on any atom is -0.468 e. The fraction of sp³-hybridized carbons (Fsp3) is 0.500. The average molecular weight is 196 g/mol. The van der Waals surface area contributed by atoms with Gasteiger partial charge in [0.05, 0.1) is 18.5 Å². The number of carbonyl (C=O) groups is 1. The van der Waals surface area contributed by atoms with Crippen molar-refractivity contribution in [3.63, 3.8) is 0 Å². The predicted octanol–water partition coefficient (Wildman–Crippen LogP) is 0.0733. The number of hydrogen-bond donors (Lipinski definition) is 1. The van der Waals surface area contributed by atoms with E-state index in [1.807, 2.05) is 13.8 Å². The van der Waals surface area contributed by atoms with Gasteiger partial charge in [-0.05, 0) is 13.8 Å². The molecule has 1 heterocycles. The smallest absolute Gasteiger partial charge is 0.325 e. The first kappa shape index (κ1) is 10.4. The normalized spacial score (nSPS) is 9.64. The summed E-state index contributed by atoms with van der Waals surface area (Å²) in [4.78, 5) is 14.9. The summed E-state index contributed by atoms with van der Waals surface area (Å²) in [6.07, 6.45) is 0. The minimum absolute atomic E-state index is 0.0423. The molecule has 1 aromatic rings. The molecular formula is C8H12N4O2. The van der Waals surface area contributed by atoms with Crippen molar-refractivity contribution in [2.45, 2.75) is 13.8 Å². The number of anilines is 1. The second-order valence-electron chi connectivity index (χ2n) is 2.74. The molecule has 0 aromatic carbocycles. The van der Waals surface area contributed by atoms with E-state index in [1.165, 1.54) is 7.11 Å². The molecule has 6 heteroatoms. The molecule has 0 atom stereocenters. The van der Waals surface area contributed by atoms with Gasteiger partial charge in [-0.2, -0.15) is 5.10 Å². The zero-order valence-corrected chi connectivity index (χ0v) is 8.37. The Balaban J connectivity index is 2.60. The minimum atomic E-state index is -0.369. The summed E-state index contributed by atoms with van der Waals surface area (Å²) in [5.74, 6) is -0.0367. The molecule has 6 nitrogen and oxygen atoms in total. The third-order valence-electron chi connectivity index (χ3n) is 1.71. The number of hydrogen-bond acceptors (Lipinski definition) is 6. The number of nitrogens with zero attached hydrogens (tertiary/aromatic N) is 3. The molecule has 14 heavy (non-hydrogen) atoms. The molecule has 0 aliphatic rings. The molecule has 0 amide bonds. The first-order valence-corrected chi connectivity index (χ1v) is 4.12. The van der Waals surface area contributed by atoms with E-state index in [4.69, 9.17) is 0 Å². The lowest BCUT2D eigenvalue weighted by atomic mass is 10.4. The van der Waals surface area contributed by atoms with E-state index >= 15 is 0 Å². The van der Waals surface area contributed by atoms with E-state index in [1.54, 1.807) is 0 Å². The van der Waals surface area contributed by atoms with Crippen LogP contribution in [-0.2, 0) is 9.53 Å². The lowest BCUT2D eigenvalue weighted by Crippen LogP contribution is -2.17. The van der Waals surface area contributed by atoms with Gasteiger partial charge < -0.3 is 10.1 Å². The molecule has 0 aliphatic carbocycles.